The highest BCUT2D eigenvalue weighted by Crippen LogP contribution is 2.23. The van der Waals surface area contributed by atoms with Crippen molar-refractivity contribution in [3.63, 3.8) is 0 Å². The molecule has 7 heteroatoms. The predicted molar refractivity (Wildman–Crippen MR) is 119 cm³/mol. The second-order valence-electron chi connectivity index (χ2n) is 6.80. The summed E-state index contributed by atoms with van der Waals surface area (Å²) in [7, 11) is 0. The van der Waals surface area contributed by atoms with Gasteiger partial charge in [0.15, 0.2) is 0 Å². The minimum absolute atomic E-state index is 0.108. The zero-order chi connectivity index (χ0) is 21.1. The molecular weight excluding hydrogens is 421 g/mol. The van der Waals surface area contributed by atoms with Crippen molar-refractivity contribution in [1.82, 2.24) is 14.9 Å². The molecule has 0 aliphatic heterocycles. The van der Waals surface area contributed by atoms with Crippen LogP contribution in [0.1, 0.15) is 21.7 Å². The number of nitrogens with zero attached hydrogens (tertiary/aromatic N) is 2. The second kappa shape index (κ2) is 8.69. The lowest BCUT2D eigenvalue weighted by atomic mass is 10.1. The highest BCUT2D eigenvalue weighted by atomic mass is 35.5. The molecule has 0 saturated carbocycles. The number of H-pyrrole nitrogens is 1. The highest BCUT2D eigenvalue weighted by Gasteiger charge is 2.21. The van der Waals surface area contributed by atoms with Crippen LogP contribution in [0.4, 0.5) is 0 Å². The molecule has 0 fully saturated rings. The van der Waals surface area contributed by atoms with Crippen molar-refractivity contribution < 1.29 is 4.79 Å². The largest absolute Gasteiger partial charge is 0.327 e. The number of aromatic amines is 1. The molecule has 0 bridgehead atoms. The van der Waals surface area contributed by atoms with Crippen molar-refractivity contribution in [1.29, 1.82) is 0 Å². The molecule has 0 unspecified atom stereocenters. The molecule has 0 aliphatic carbocycles. The number of carbonyl (C=O) groups is 1. The fraction of sp³-hybridized carbons (Fsp3) is 0.0870. The summed E-state index contributed by atoms with van der Waals surface area (Å²) >= 11 is 12.3. The van der Waals surface area contributed by atoms with Gasteiger partial charge in [-0.15, -0.1) is 0 Å². The number of hydrogen-bond acceptors (Lipinski definition) is 3. The van der Waals surface area contributed by atoms with Crippen molar-refractivity contribution in [3.05, 3.63) is 110 Å². The summed E-state index contributed by atoms with van der Waals surface area (Å²) in [5.41, 5.74) is 1.56. The fourth-order valence-electron chi connectivity index (χ4n) is 3.23. The Morgan fingerprint density at radius 2 is 1.67 bits per heavy atom. The van der Waals surface area contributed by atoms with E-state index in [0.29, 0.717) is 38.9 Å². The van der Waals surface area contributed by atoms with Crippen LogP contribution in [-0.4, -0.2) is 20.8 Å². The number of hydrogen-bond donors (Lipinski definition) is 1. The lowest BCUT2D eigenvalue weighted by Crippen LogP contribution is -2.32. The molecule has 0 spiro atoms. The summed E-state index contributed by atoms with van der Waals surface area (Å²) in [5, 5.41) is 1.22. The number of halogens is 2. The normalized spacial score (nSPS) is 10.9. The molecule has 5 nitrogen and oxygen atoms in total. The summed E-state index contributed by atoms with van der Waals surface area (Å²) in [6.07, 6.45) is 0. The van der Waals surface area contributed by atoms with Gasteiger partial charge in [0, 0.05) is 11.6 Å². The summed E-state index contributed by atoms with van der Waals surface area (Å²) < 4.78 is 0. The van der Waals surface area contributed by atoms with E-state index in [1.165, 1.54) is 0 Å². The van der Waals surface area contributed by atoms with E-state index in [1.54, 1.807) is 41.3 Å². The van der Waals surface area contributed by atoms with Crippen molar-refractivity contribution >= 4 is 40.0 Å². The Labute approximate surface area is 182 Å². The third-order valence-corrected chi connectivity index (χ3v) is 5.23. The van der Waals surface area contributed by atoms with Crippen LogP contribution in [0, 0.1) is 0 Å². The number of rotatable bonds is 5. The Kier molecular flexibility index (Phi) is 5.84. The van der Waals surface area contributed by atoms with Gasteiger partial charge in [-0.3, -0.25) is 9.59 Å². The molecule has 3 aromatic carbocycles. The minimum Gasteiger partial charge on any atom is -0.327 e. The Morgan fingerprint density at radius 3 is 2.47 bits per heavy atom. The maximum atomic E-state index is 13.3. The Morgan fingerprint density at radius 1 is 0.933 bits per heavy atom. The van der Waals surface area contributed by atoms with Crippen LogP contribution in [0.5, 0.6) is 0 Å². The third kappa shape index (κ3) is 4.37. The quantitative estimate of drug-likeness (QED) is 0.473. The van der Waals surface area contributed by atoms with E-state index in [2.05, 4.69) is 9.97 Å². The van der Waals surface area contributed by atoms with Gasteiger partial charge < -0.3 is 9.88 Å². The van der Waals surface area contributed by atoms with Crippen LogP contribution < -0.4 is 5.56 Å². The minimum atomic E-state index is -0.304. The highest BCUT2D eigenvalue weighted by molar-refractivity contribution is 6.35. The lowest BCUT2D eigenvalue weighted by Gasteiger charge is -2.23. The first-order valence-electron chi connectivity index (χ1n) is 9.27. The molecule has 4 rings (SSSR count). The van der Waals surface area contributed by atoms with Gasteiger partial charge in [0.05, 0.1) is 28.0 Å². The van der Waals surface area contributed by atoms with E-state index in [1.807, 2.05) is 36.4 Å². The van der Waals surface area contributed by atoms with Gasteiger partial charge in [-0.05, 0) is 35.9 Å². The molecule has 1 aromatic heterocycles. The zero-order valence-electron chi connectivity index (χ0n) is 15.8. The lowest BCUT2D eigenvalue weighted by molar-refractivity contribution is 0.0725. The van der Waals surface area contributed by atoms with Gasteiger partial charge in [0.2, 0.25) is 0 Å². The number of fused-ring (bicyclic) bond motifs is 1. The van der Waals surface area contributed by atoms with E-state index in [-0.39, 0.29) is 18.0 Å². The maximum absolute atomic E-state index is 13.3. The molecule has 0 saturated heterocycles. The van der Waals surface area contributed by atoms with Crippen molar-refractivity contribution in [2.75, 3.05) is 0 Å². The molecule has 4 aromatic rings. The van der Waals surface area contributed by atoms with Crippen LogP contribution >= 0.6 is 23.2 Å². The molecule has 30 heavy (non-hydrogen) atoms. The molecular formula is C23H17Cl2N3O2. The van der Waals surface area contributed by atoms with E-state index in [9.17, 15) is 9.59 Å². The van der Waals surface area contributed by atoms with Crippen molar-refractivity contribution in [2.24, 2.45) is 0 Å². The van der Waals surface area contributed by atoms with Crippen LogP contribution in [-0.2, 0) is 13.1 Å². The first-order valence-corrected chi connectivity index (χ1v) is 10.0. The fourth-order valence-corrected chi connectivity index (χ4v) is 3.60. The average molecular weight is 438 g/mol. The van der Waals surface area contributed by atoms with E-state index in [4.69, 9.17) is 23.2 Å². The third-order valence-electron chi connectivity index (χ3n) is 4.66. The first kappa shape index (κ1) is 20.1. The SMILES string of the molecule is O=C(c1cc(Cl)ccc1Cl)N(Cc1ccccc1)Cc1nc2ccccc2c(=O)[nH]1. The Bertz CT molecular complexity index is 1270. The van der Waals surface area contributed by atoms with Crippen LogP contribution in [0.3, 0.4) is 0 Å². The van der Waals surface area contributed by atoms with Crippen molar-refractivity contribution in [3.8, 4) is 0 Å². The molecule has 0 radical (unpaired) electrons. The van der Waals surface area contributed by atoms with Gasteiger partial charge in [-0.25, -0.2) is 4.98 Å². The van der Waals surface area contributed by atoms with Crippen molar-refractivity contribution in [2.45, 2.75) is 13.1 Å². The molecule has 0 aliphatic rings. The summed E-state index contributed by atoms with van der Waals surface area (Å²) in [4.78, 5) is 34.7. The topological polar surface area (TPSA) is 66.1 Å². The Balaban J connectivity index is 1.73. The number of carbonyl (C=O) groups excluding carboxylic acids is 1. The number of para-hydroxylation sites is 1. The molecule has 1 heterocycles. The summed E-state index contributed by atoms with van der Waals surface area (Å²) in [6, 6.07) is 21.4. The molecule has 1 amide bonds. The van der Waals surface area contributed by atoms with Gasteiger partial charge in [-0.1, -0.05) is 65.7 Å². The standard InChI is InChI=1S/C23H17Cl2N3O2/c24-16-10-11-19(25)18(12-16)23(30)28(13-15-6-2-1-3-7-15)14-21-26-20-9-5-4-8-17(20)22(29)27-21/h1-12H,13-14H2,(H,26,27,29). The van der Waals surface area contributed by atoms with Crippen LogP contribution in [0.2, 0.25) is 10.0 Å². The Hall–Kier alpha value is -3.15. The van der Waals surface area contributed by atoms with Gasteiger partial charge in [-0.2, -0.15) is 0 Å². The number of benzene rings is 3. The zero-order valence-corrected chi connectivity index (χ0v) is 17.3. The van der Waals surface area contributed by atoms with E-state index in [0.717, 1.165) is 5.56 Å². The summed E-state index contributed by atoms with van der Waals surface area (Å²) in [5.74, 6) is 0.0864. The van der Waals surface area contributed by atoms with Crippen LogP contribution in [0.15, 0.2) is 77.6 Å². The second-order valence-corrected chi connectivity index (χ2v) is 7.64. The number of amides is 1. The monoisotopic (exact) mass is 437 g/mol. The first-order chi connectivity index (χ1) is 14.5. The predicted octanol–water partition coefficient (Wildman–Crippen LogP) is 5.07. The van der Waals surface area contributed by atoms with Gasteiger partial charge >= 0.3 is 0 Å². The van der Waals surface area contributed by atoms with E-state index < -0.39 is 0 Å². The summed E-state index contributed by atoms with van der Waals surface area (Å²) in [6.45, 7) is 0.426. The van der Waals surface area contributed by atoms with Gasteiger partial charge in [0.1, 0.15) is 5.82 Å². The van der Waals surface area contributed by atoms with Gasteiger partial charge in [0.25, 0.3) is 11.5 Å². The van der Waals surface area contributed by atoms with E-state index >= 15 is 0 Å². The number of nitrogens with one attached hydrogen (secondary N) is 1. The maximum Gasteiger partial charge on any atom is 0.258 e. The molecule has 1 N–H and O–H groups in total. The smallest absolute Gasteiger partial charge is 0.258 e. The number of aromatic nitrogens is 2. The average Bonchev–Trinajstić information content (AvgIpc) is 2.75. The molecule has 150 valence electrons. The van der Waals surface area contributed by atoms with Crippen LogP contribution in [0.25, 0.3) is 10.9 Å². The molecule has 0 atom stereocenters.